The van der Waals surface area contributed by atoms with Crippen molar-refractivity contribution in [2.75, 3.05) is 13.1 Å². The Bertz CT molecular complexity index is 567. The van der Waals surface area contributed by atoms with E-state index in [2.05, 4.69) is 16.8 Å². The molecule has 3 heteroatoms. The summed E-state index contributed by atoms with van der Waals surface area (Å²) in [6, 6.07) is 9.73. The fourth-order valence-electron chi connectivity index (χ4n) is 2.64. The van der Waals surface area contributed by atoms with Gasteiger partial charge in [0.05, 0.1) is 11.2 Å². The largest absolute Gasteiger partial charge is 0.506 e. The number of likely N-dealkylation sites (tertiary alicyclic amines) is 1. The first-order chi connectivity index (χ1) is 8.72. The van der Waals surface area contributed by atoms with Crippen LogP contribution in [-0.4, -0.2) is 28.1 Å². The Kier molecular flexibility index (Phi) is 2.92. The van der Waals surface area contributed by atoms with Crippen LogP contribution in [0.4, 0.5) is 0 Å². The molecular weight excluding hydrogens is 224 g/mol. The minimum absolute atomic E-state index is 0.313. The SMILES string of the molecule is CC1CCN(Cc2nc3ccccc3cc2O)C1. The van der Waals surface area contributed by atoms with E-state index >= 15 is 0 Å². The minimum atomic E-state index is 0.313. The lowest BCUT2D eigenvalue weighted by Gasteiger charge is -2.15. The third kappa shape index (κ3) is 2.18. The van der Waals surface area contributed by atoms with Gasteiger partial charge in [0, 0.05) is 18.5 Å². The summed E-state index contributed by atoms with van der Waals surface area (Å²) in [6.45, 7) is 5.23. The first kappa shape index (κ1) is 11.5. The highest BCUT2D eigenvalue weighted by Gasteiger charge is 2.20. The Hall–Kier alpha value is -1.61. The van der Waals surface area contributed by atoms with Gasteiger partial charge in [-0.2, -0.15) is 0 Å². The fourth-order valence-corrected chi connectivity index (χ4v) is 2.64. The van der Waals surface area contributed by atoms with Crippen LogP contribution in [0.25, 0.3) is 10.9 Å². The van der Waals surface area contributed by atoms with Crippen molar-refractivity contribution in [3.05, 3.63) is 36.0 Å². The molecule has 18 heavy (non-hydrogen) atoms. The molecule has 3 nitrogen and oxygen atoms in total. The van der Waals surface area contributed by atoms with Gasteiger partial charge >= 0.3 is 0 Å². The third-order valence-electron chi connectivity index (χ3n) is 3.66. The van der Waals surface area contributed by atoms with Crippen molar-refractivity contribution >= 4 is 10.9 Å². The van der Waals surface area contributed by atoms with E-state index in [1.807, 2.05) is 30.3 Å². The molecule has 1 saturated heterocycles. The molecule has 1 aliphatic heterocycles. The zero-order chi connectivity index (χ0) is 12.5. The van der Waals surface area contributed by atoms with Gasteiger partial charge in [-0.05, 0) is 31.0 Å². The second-order valence-electron chi connectivity index (χ2n) is 5.28. The molecule has 1 N–H and O–H groups in total. The summed E-state index contributed by atoms with van der Waals surface area (Å²) in [7, 11) is 0. The number of nitrogens with zero attached hydrogens (tertiary/aromatic N) is 2. The van der Waals surface area contributed by atoms with Gasteiger partial charge in [-0.1, -0.05) is 25.1 Å². The number of aromatic nitrogens is 1. The number of pyridine rings is 1. The van der Waals surface area contributed by atoms with Crippen molar-refractivity contribution in [1.82, 2.24) is 9.88 Å². The van der Waals surface area contributed by atoms with Gasteiger partial charge in [0.25, 0.3) is 0 Å². The standard InChI is InChI=1S/C15H18N2O/c1-11-6-7-17(9-11)10-14-15(18)8-12-4-2-3-5-13(12)16-14/h2-5,8,11,18H,6-7,9-10H2,1H3. The summed E-state index contributed by atoms with van der Waals surface area (Å²) in [5, 5.41) is 11.0. The lowest BCUT2D eigenvalue weighted by atomic mass is 10.2. The molecule has 1 aromatic carbocycles. The maximum atomic E-state index is 10.0. The summed E-state index contributed by atoms with van der Waals surface area (Å²) in [6.07, 6.45) is 1.24. The van der Waals surface area contributed by atoms with Crippen molar-refractivity contribution in [2.45, 2.75) is 19.9 Å². The smallest absolute Gasteiger partial charge is 0.139 e. The molecule has 0 bridgehead atoms. The maximum absolute atomic E-state index is 10.0. The third-order valence-corrected chi connectivity index (χ3v) is 3.66. The van der Waals surface area contributed by atoms with Crippen molar-refractivity contribution in [1.29, 1.82) is 0 Å². The molecule has 94 valence electrons. The van der Waals surface area contributed by atoms with Crippen LogP contribution in [0, 0.1) is 5.92 Å². The van der Waals surface area contributed by atoms with Crippen molar-refractivity contribution < 1.29 is 5.11 Å². The zero-order valence-corrected chi connectivity index (χ0v) is 10.6. The molecule has 1 fully saturated rings. The van der Waals surface area contributed by atoms with Crippen LogP contribution in [0.3, 0.4) is 0 Å². The summed E-state index contributed by atoms with van der Waals surface area (Å²) in [4.78, 5) is 6.93. The molecule has 2 heterocycles. The number of rotatable bonds is 2. The highest BCUT2D eigenvalue weighted by molar-refractivity contribution is 5.80. The lowest BCUT2D eigenvalue weighted by molar-refractivity contribution is 0.310. The second-order valence-corrected chi connectivity index (χ2v) is 5.28. The lowest BCUT2D eigenvalue weighted by Crippen LogP contribution is -2.20. The van der Waals surface area contributed by atoms with E-state index in [9.17, 15) is 5.11 Å². The predicted octanol–water partition coefficient (Wildman–Crippen LogP) is 2.78. The van der Waals surface area contributed by atoms with Crippen LogP contribution < -0.4 is 0 Å². The Balaban J connectivity index is 1.89. The number of benzene rings is 1. The van der Waals surface area contributed by atoms with E-state index in [-0.39, 0.29) is 0 Å². The molecule has 1 aromatic heterocycles. The first-order valence-corrected chi connectivity index (χ1v) is 6.52. The summed E-state index contributed by atoms with van der Waals surface area (Å²) >= 11 is 0. The highest BCUT2D eigenvalue weighted by atomic mass is 16.3. The number of fused-ring (bicyclic) bond motifs is 1. The molecule has 3 rings (SSSR count). The van der Waals surface area contributed by atoms with Gasteiger partial charge in [-0.3, -0.25) is 4.90 Å². The zero-order valence-electron chi connectivity index (χ0n) is 10.6. The quantitative estimate of drug-likeness (QED) is 0.879. The average molecular weight is 242 g/mol. The molecule has 0 saturated carbocycles. The minimum Gasteiger partial charge on any atom is -0.506 e. The van der Waals surface area contributed by atoms with Crippen molar-refractivity contribution in [2.24, 2.45) is 5.92 Å². The number of hydrogen-bond acceptors (Lipinski definition) is 3. The molecule has 2 aromatic rings. The van der Waals surface area contributed by atoms with Gasteiger partial charge in [0.2, 0.25) is 0 Å². The molecule has 0 amide bonds. The normalized spacial score (nSPS) is 20.6. The van der Waals surface area contributed by atoms with E-state index in [4.69, 9.17) is 0 Å². The first-order valence-electron chi connectivity index (χ1n) is 6.52. The maximum Gasteiger partial charge on any atom is 0.139 e. The Morgan fingerprint density at radius 1 is 1.39 bits per heavy atom. The van der Waals surface area contributed by atoms with Crippen LogP contribution >= 0.6 is 0 Å². The molecule has 0 spiro atoms. The predicted molar refractivity (Wildman–Crippen MR) is 72.5 cm³/mol. The fraction of sp³-hybridized carbons (Fsp3) is 0.400. The molecule has 1 aliphatic rings. The Morgan fingerprint density at radius 2 is 2.22 bits per heavy atom. The molecular formula is C15H18N2O. The van der Waals surface area contributed by atoms with Gasteiger partial charge in [0.1, 0.15) is 5.75 Å². The number of hydrogen-bond donors (Lipinski definition) is 1. The van der Waals surface area contributed by atoms with Gasteiger partial charge < -0.3 is 5.11 Å². The van der Waals surface area contributed by atoms with Crippen LogP contribution in [0.5, 0.6) is 5.75 Å². The van der Waals surface area contributed by atoms with Gasteiger partial charge in [-0.25, -0.2) is 4.98 Å². The topological polar surface area (TPSA) is 36.4 Å². The van der Waals surface area contributed by atoms with Crippen LogP contribution in [0.1, 0.15) is 19.0 Å². The van der Waals surface area contributed by atoms with E-state index < -0.39 is 0 Å². The van der Waals surface area contributed by atoms with Crippen LogP contribution in [-0.2, 0) is 6.54 Å². The summed E-state index contributed by atoms with van der Waals surface area (Å²) in [5.41, 5.74) is 1.75. The molecule has 0 aliphatic carbocycles. The van der Waals surface area contributed by atoms with Crippen LogP contribution in [0.2, 0.25) is 0 Å². The van der Waals surface area contributed by atoms with E-state index in [0.29, 0.717) is 5.75 Å². The Labute approximate surface area is 107 Å². The highest BCUT2D eigenvalue weighted by Crippen LogP contribution is 2.25. The second kappa shape index (κ2) is 4.58. The molecule has 0 radical (unpaired) electrons. The Morgan fingerprint density at radius 3 is 3.00 bits per heavy atom. The monoisotopic (exact) mass is 242 g/mol. The van der Waals surface area contributed by atoms with E-state index in [1.165, 1.54) is 6.42 Å². The molecule has 1 atom stereocenters. The summed E-state index contributed by atoms with van der Waals surface area (Å²) in [5.74, 6) is 1.07. The van der Waals surface area contributed by atoms with E-state index in [1.54, 1.807) is 0 Å². The number of para-hydroxylation sites is 1. The van der Waals surface area contributed by atoms with E-state index in [0.717, 1.165) is 42.1 Å². The van der Waals surface area contributed by atoms with Gasteiger partial charge in [-0.15, -0.1) is 0 Å². The van der Waals surface area contributed by atoms with Crippen LogP contribution in [0.15, 0.2) is 30.3 Å². The number of aromatic hydroxyl groups is 1. The van der Waals surface area contributed by atoms with Crippen molar-refractivity contribution in [3.63, 3.8) is 0 Å². The van der Waals surface area contributed by atoms with Crippen molar-refractivity contribution in [3.8, 4) is 5.75 Å². The summed E-state index contributed by atoms with van der Waals surface area (Å²) < 4.78 is 0. The van der Waals surface area contributed by atoms with Gasteiger partial charge in [0.15, 0.2) is 0 Å². The molecule has 1 unspecified atom stereocenters. The average Bonchev–Trinajstić information content (AvgIpc) is 2.76.